The number of nitrogens with one attached hydrogen (secondary N) is 1. The number of rotatable bonds is 7. The molecule has 0 bridgehead atoms. The highest BCUT2D eigenvalue weighted by Crippen LogP contribution is 2.31. The van der Waals surface area contributed by atoms with Crippen LogP contribution in [0.5, 0.6) is 11.5 Å². The number of aromatic hydroxyl groups is 1. The molecule has 1 heterocycles. The summed E-state index contributed by atoms with van der Waals surface area (Å²) >= 11 is 0. The highest BCUT2D eigenvalue weighted by atomic mass is 35.5. The molecule has 0 amide bonds. The fourth-order valence-electron chi connectivity index (χ4n) is 3.01. The van der Waals surface area contributed by atoms with Crippen molar-refractivity contribution in [3.8, 4) is 11.5 Å². The number of halogens is 1. The van der Waals surface area contributed by atoms with Crippen molar-refractivity contribution in [1.82, 2.24) is 9.88 Å². The summed E-state index contributed by atoms with van der Waals surface area (Å²) in [5, 5.41) is 14.6. The Balaban J connectivity index is 0.00000261. The third-order valence-corrected chi connectivity index (χ3v) is 4.56. The van der Waals surface area contributed by atoms with Gasteiger partial charge in [0.1, 0.15) is 11.5 Å². The van der Waals surface area contributed by atoms with Crippen molar-refractivity contribution < 1.29 is 9.84 Å². The van der Waals surface area contributed by atoms with Crippen LogP contribution in [0.15, 0.2) is 48.7 Å². The Bertz CT molecular complexity index is 898. The highest BCUT2D eigenvalue weighted by Gasteiger charge is 2.10. The average Bonchev–Trinajstić information content (AvgIpc) is 2.68. The second kappa shape index (κ2) is 9.44. The van der Waals surface area contributed by atoms with E-state index in [2.05, 4.69) is 29.0 Å². The second-order valence-corrected chi connectivity index (χ2v) is 6.18. The summed E-state index contributed by atoms with van der Waals surface area (Å²) in [5.41, 5.74) is 3.56. The lowest BCUT2D eigenvalue weighted by Gasteiger charge is -2.19. The minimum Gasteiger partial charge on any atom is -0.508 e. The van der Waals surface area contributed by atoms with E-state index in [4.69, 9.17) is 4.74 Å². The van der Waals surface area contributed by atoms with Gasteiger partial charge >= 0.3 is 0 Å². The first kappa shape index (κ1) is 20.8. The Hall–Kier alpha value is -2.50. The molecule has 6 heteroatoms. The topological polar surface area (TPSA) is 57.6 Å². The standard InChI is InChI=1S/C21H25N3O2.ClH/c1-4-24(5-2)14-16-11-17(8-9-20(16)25)23-19-13-18(26-3)12-15-7-6-10-22-21(15)19;/h6-13,23,25H,4-5,14H2,1-3H3;1H. The molecule has 2 aromatic carbocycles. The minimum absolute atomic E-state index is 0. The summed E-state index contributed by atoms with van der Waals surface area (Å²) in [6.45, 7) is 6.84. The second-order valence-electron chi connectivity index (χ2n) is 6.18. The molecule has 3 rings (SSSR count). The molecule has 2 N–H and O–H groups in total. The number of fused-ring (bicyclic) bond motifs is 1. The van der Waals surface area contributed by atoms with E-state index in [1.165, 1.54) is 0 Å². The van der Waals surface area contributed by atoms with Crippen LogP contribution in [0.3, 0.4) is 0 Å². The summed E-state index contributed by atoms with van der Waals surface area (Å²) in [7, 11) is 1.66. The molecular weight excluding hydrogens is 362 g/mol. The van der Waals surface area contributed by atoms with Crippen molar-refractivity contribution in [2.75, 3.05) is 25.5 Å². The number of pyridine rings is 1. The van der Waals surface area contributed by atoms with Crippen molar-refractivity contribution in [3.63, 3.8) is 0 Å². The molecule has 3 aromatic rings. The number of phenolic OH excluding ortho intramolecular Hbond substituents is 1. The van der Waals surface area contributed by atoms with Crippen LogP contribution in [-0.4, -0.2) is 35.2 Å². The van der Waals surface area contributed by atoms with Gasteiger partial charge in [-0.05, 0) is 43.4 Å². The van der Waals surface area contributed by atoms with Gasteiger partial charge in [-0.2, -0.15) is 0 Å². The average molecular weight is 388 g/mol. The maximum absolute atomic E-state index is 10.2. The number of anilines is 2. The SMILES string of the molecule is CCN(CC)Cc1cc(Nc2cc(OC)cc3cccnc23)ccc1O.Cl. The van der Waals surface area contributed by atoms with Crippen molar-refractivity contribution in [1.29, 1.82) is 0 Å². The molecule has 144 valence electrons. The van der Waals surface area contributed by atoms with E-state index in [-0.39, 0.29) is 12.4 Å². The molecule has 0 radical (unpaired) electrons. The summed E-state index contributed by atoms with van der Waals surface area (Å²) in [6, 6.07) is 13.4. The first-order valence-electron chi connectivity index (χ1n) is 8.88. The zero-order valence-electron chi connectivity index (χ0n) is 15.9. The van der Waals surface area contributed by atoms with Gasteiger partial charge in [0.2, 0.25) is 0 Å². The number of hydrogen-bond donors (Lipinski definition) is 2. The normalized spacial score (nSPS) is 10.7. The maximum Gasteiger partial charge on any atom is 0.121 e. The Morgan fingerprint density at radius 1 is 1.11 bits per heavy atom. The van der Waals surface area contributed by atoms with Gasteiger partial charge in [-0.25, -0.2) is 0 Å². The molecule has 0 fully saturated rings. The lowest BCUT2D eigenvalue weighted by atomic mass is 10.1. The van der Waals surface area contributed by atoms with E-state index in [9.17, 15) is 5.11 Å². The van der Waals surface area contributed by atoms with Gasteiger partial charge in [-0.15, -0.1) is 12.4 Å². The van der Waals surface area contributed by atoms with Gasteiger partial charge in [0, 0.05) is 35.4 Å². The Kier molecular flexibility index (Phi) is 7.28. The highest BCUT2D eigenvalue weighted by molar-refractivity contribution is 5.93. The molecule has 0 aliphatic heterocycles. The summed E-state index contributed by atoms with van der Waals surface area (Å²) in [4.78, 5) is 6.76. The Labute approximate surface area is 166 Å². The number of hydrogen-bond acceptors (Lipinski definition) is 5. The number of benzene rings is 2. The predicted molar refractivity (Wildman–Crippen MR) is 114 cm³/mol. The Morgan fingerprint density at radius 2 is 1.89 bits per heavy atom. The van der Waals surface area contributed by atoms with Crippen LogP contribution in [0.1, 0.15) is 19.4 Å². The molecule has 1 aromatic heterocycles. The molecule has 5 nitrogen and oxygen atoms in total. The van der Waals surface area contributed by atoms with E-state index < -0.39 is 0 Å². The van der Waals surface area contributed by atoms with Crippen molar-refractivity contribution in [2.24, 2.45) is 0 Å². The van der Waals surface area contributed by atoms with Crippen LogP contribution in [0.4, 0.5) is 11.4 Å². The fourth-order valence-corrected chi connectivity index (χ4v) is 3.01. The molecule has 0 aliphatic carbocycles. The van der Waals surface area contributed by atoms with Crippen LogP contribution in [0.25, 0.3) is 10.9 Å². The Morgan fingerprint density at radius 3 is 2.59 bits per heavy atom. The van der Waals surface area contributed by atoms with Crippen LogP contribution >= 0.6 is 12.4 Å². The van der Waals surface area contributed by atoms with Gasteiger partial charge in [-0.1, -0.05) is 19.9 Å². The van der Waals surface area contributed by atoms with Crippen LogP contribution in [-0.2, 0) is 6.54 Å². The van der Waals surface area contributed by atoms with E-state index in [0.29, 0.717) is 12.3 Å². The molecular formula is C21H26ClN3O2. The maximum atomic E-state index is 10.2. The monoisotopic (exact) mass is 387 g/mol. The molecule has 0 aliphatic rings. The van der Waals surface area contributed by atoms with Gasteiger partial charge in [0.05, 0.1) is 18.3 Å². The van der Waals surface area contributed by atoms with E-state index in [1.54, 1.807) is 19.4 Å². The van der Waals surface area contributed by atoms with Crippen LogP contribution in [0.2, 0.25) is 0 Å². The molecule has 0 unspecified atom stereocenters. The molecule has 0 saturated carbocycles. The van der Waals surface area contributed by atoms with E-state index in [0.717, 1.165) is 46.7 Å². The molecule has 27 heavy (non-hydrogen) atoms. The van der Waals surface area contributed by atoms with Gasteiger partial charge in [0.25, 0.3) is 0 Å². The lowest BCUT2D eigenvalue weighted by Crippen LogP contribution is -2.22. The zero-order chi connectivity index (χ0) is 18.5. The first-order valence-corrected chi connectivity index (χ1v) is 8.88. The van der Waals surface area contributed by atoms with Gasteiger partial charge < -0.3 is 15.2 Å². The molecule has 0 spiro atoms. The quantitative estimate of drug-likeness (QED) is 0.561. The van der Waals surface area contributed by atoms with Gasteiger partial charge in [-0.3, -0.25) is 9.88 Å². The van der Waals surface area contributed by atoms with Crippen LogP contribution < -0.4 is 10.1 Å². The number of ether oxygens (including phenoxy) is 1. The van der Waals surface area contributed by atoms with Crippen molar-refractivity contribution >= 4 is 34.7 Å². The van der Waals surface area contributed by atoms with Crippen LogP contribution in [0, 0.1) is 0 Å². The molecule has 0 atom stereocenters. The first-order chi connectivity index (χ1) is 12.6. The predicted octanol–water partition coefficient (Wildman–Crippen LogP) is 4.96. The number of nitrogens with zero attached hydrogens (tertiary/aromatic N) is 2. The third-order valence-electron chi connectivity index (χ3n) is 4.56. The lowest BCUT2D eigenvalue weighted by molar-refractivity contribution is 0.291. The fraction of sp³-hybridized carbons (Fsp3) is 0.286. The summed E-state index contributed by atoms with van der Waals surface area (Å²) < 4.78 is 5.41. The third kappa shape index (κ3) is 4.81. The number of methoxy groups -OCH3 is 1. The minimum atomic E-state index is 0. The zero-order valence-corrected chi connectivity index (χ0v) is 16.7. The van der Waals surface area contributed by atoms with E-state index in [1.807, 2.05) is 36.4 Å². The largest absolute Gasteiger partial charge is 0.508 e. The van der Waals surface area contributed by atoms with Crippen molar-refractivity contribution in [2.45, 2.75) is 20.4 Å². The summed E-state index contributed by atoms with van der Waals surface area (Å²) in [6.07, 6.45) is 1.78. The van der Waals surface area contributed by atoms with Crippen molar-refractivity contribution in [3.05, 3.63) is 54.2 Å². The summed E-state index contributed by atoms with van der Waals surface area (Å²) in [5.74, 6) is 1.09. The molecule has 0 saturated heterocycles. The number of aromatic nitrogens is 1. The van der Waals surface area contributed by atoms with Gasteiger partial charge in [0.15, 0.2) is 0 Å². The number of phenols is 1. The smallest absolute Gasteiger partial charge is 0.121 e. The van der Waals surface area contributed by atoms with E-state index >= 15 is 0 Å².